The van der Waals surface area contributed by atoms with Gasteiger partial charge in [-0.1, -0.05) is 24.6 Å². The Hall–Kier alpha value is -3.42. The molecule has 2 aromatic rings. The quantitative estimate of drug-likeness (QED) is 0.666. The minimum atomic E-state index is -0.425. The molecule has 3 aliphatic rings. The number of nitrogens with zero attached hydrogens (tertiary/aromatic N) is 3. The Labute approximate surface area is 218 Å². The lowest BCUT2D eigenvalue weighted by molar-refractivity contribution is -0.147. The number of amides is 3. The van der Waals surface area contributed by atoms with Crippen LogP contribution in [0, 0.1) is 5.41 Å². The average Bonchev–Trinajstić information content (AvgIpc) is 3.38. The molecule has 8 heteroatoms. The van der Waals surface area contributed by atoms with Gasteiger partial charge in [-0.25, -0.2) is 4.98 Å². The summed E-state index contributed by atoms with van der Waals surface area (Å²) in [4.78, 5) is 46.6. The number of nitrogens with one attached hydrogen (secondary N) is 1. The second kappa shape index (κ2) is 10.9. The predicted octanol–water partition coefficient (Wildman–Crippen LogP) is 4.06. The zero-order valence-corrected chi connectivity index (χ0v) is 21.6. The zero-order valence-electron chi connectivity index (χ0n) is 21.6. The van der Waals surface area contributed by atoms with Crippen LogP contribution in [-0.4, -0.2) is 64.8 Å². The summed E-state index contributed by atoms with van der Waals surface area (Å²) in [6.45, 7) is 3.84. The van der Waals surface area contributed by atoms with E-state index in [1.54, 1.807) is 12.1 Å². The summed E-state index contributed by atoms with van der Waals surface area (Å²) in [6, 6.07) is 11.7. The maximum Gasteiger partial charge on any atom is 0.255 e. The van der Waals surface area contributed by atoms with Crippen LogP contribution in [0.3, 0.4) is 0 Å². The Morgan fingerprint density at radius 1 is 1.03 bits per heavy atom. The highest BCUT2D eigenvalue weighted by atomic mass is 16.5. The second-order valence-electron chi connectivity index (χ2n) is 10.6. The predicted molar refractivity (Wildman–Crippen MR) is 140 cm³/mol. The van der Waals surface area contributed by atoms with E-state index in [0.29, 0.717) is 43.9 Å². The standard InChI is InChI=1S/C29H36N4O4/c1-21(34)31-26-12-11-23(19-30-26)27(35)32-17-14-29(15-18-32)13-5-4-8-22-7-2-3-10-25(22)37-20-24-9-6-16-33(24)28(29)36/h2-3,7,10-12,19,24H,4-6,8-9,13-18,20H2,1H3,(H,30,31,34)/t24-/m0/s1. The molecule has 2 saturated heterocycles. The first-order chi connectivity index (χ1) is 17.9. The minimum absolute atomic E-state index is 0.0821. The molecule has 0 aliphatic carbocycles. The molecule has 1 N–H and O–H groups in total. The van der Waals surface area contributed by atoms with Crippen molar-refractivity contribution in [3.63, 3.8) is 0 Å². The summed E-state index contributed by atoms with van der Waals surface area (Å²) >= 11 is 0. The average molecular weight is 505 g/mol. The Kier molecular flexibility index (Phi) is 7.44. The fraction of sp³-hybridized carbons (Fsp3) is 0.517. The molecule has 1 aromatic heterocycles. The van der Waals surface area contributed by atoms with Gasteiger partial charge in [-0.15, -0.1) is 0 Å². The van der Waals surface area contributed by atoms with Crippen molar-refractivity contribution >= 4 is 23.5 Å². The lowest BCUT2D eigenvalue weighted by atomic mass is 9.72. The molecule has 37 heavy (non-hydrogen) atoms. The number of benzene rings is 1. The largest absolute Gasteiger partial charge is 0.491 e. The number of aromatic nitrogens is 1. The van der Waals surface area contributed by atoms with Crippen LogP contribution in [0.2, 0.25) is 0 Å². The van der Waals surface area contributed by atoms with Crippen molar-refractivity contribution in [1.82, 2.24) is 14.8 Å². The van der Waals surface area contributed by atoms with E-state index >= 15 is 0 Å². The fourth-order valence-corrected chi connectivity index (χ4v) is 6.06. The summed E-state index contributed by atoms with van der Waals surface area (Å²) in [5.74, 6) is 1.34. The first-order valence-corrected chi connectivity index (χ1v) is 13.5. The molecule has 1 spiro atoms. The molecule has 4 heterocycles. The van der Waals surface area contributed by atoms with Gasteiger partial charge < -0.3 is 19.9 Å². The van der Waals surface area contributed by atoms with Crippen molar-refractivity contribution in [2.75, 3.05) is 31.6 Å². The van der Waals surface area contributed by atoms with Crippen LogP contribution in [0.5, 0.6) is 5.75 Å². The maximum atomic E-state index is 14.1. The lowest BCUT2D eigenvalue weighted by Crippen LogP contribution is -2.53. The van der Waals surface area contributed by atoms with Crippen molar-refractivity contribution in [2.24, 2.45) is 5.41 Å². The number of carbonyl (C=O) groups is 3. The van der Waals surface area contributed by atoms with Crippen molar-refractivity contribution in [3.8, 4) is 5.75 Å². The first-order valence-electron chi connectivity index (χ1n) is 13.5. The third kappa shape index (κ3) is 5.48. The van der Waals surface area contributed by atoms with E-state index in [2.05, 4.69) is 27.3 Å². The molecule has 8 nitrogen and oxygen atoms in total. The van der Waals surface area contributed by atoms with Crippen LogP contribution in [0.25, 0.3) is 0 Å². The van der Waals surface area contributed by atoms with Gasteiger partial charge in [0.05, 0.1) is 17.0 Å². The van der Waals surface area contributed by atoms with Gasteiger partial charge in [-0.05, 0) is 68.7 Å². The third-order valence-electron chi connectivity index (χ3n) is 8.17. The van der Waals surface area contributed by atoms with E-state index in [1.165, 1.54) is 18.7 Å². The van der Waals surface area contributed by atoms with Crippen molar-refractivity contribution in [2.45, 2.75) is 64.3 Å². The number of fused-ring (bicyclic) bond motifs is 2. The van der Waals surface area contributed by atoms with Gasteiger partial charge in [0, 0.05) is 32.8 Å². The van der Waals surface area contributed by atoms with Gasteiger partial charge >= 0.3 is 0 Å². The minimum Gasteiger partial charge on any atom is -0.491 e. The Morgan fingerprint density at radius 2 is 1.84 bits per heavy atom. The zero-order chi connectivity index (χ0) is 25.8. The van der Waals surface area contributed by atoms with Gasteiger partial charge in [0.15, 0.2) is 0 Å². The molecule has 5 rings (SSSR count). The SMILES string of the molecule is CC(=O)Nc1ccc(C(=O)N2CCC3(CCCCc4ccccc4OC[C@@H]4CCCN4C3=O)CC2)cn1. The summed E-state index contributed by atoms with van der Waals surface area (Å²) in [5.41, 5.74) is 1.31. The smallest absolute Gasteiger partial charge is 0.255 e. The topological polar surface area (TPSA) is 91.8 Å². The fourth-order valence-electron chi connectivity index (χ4n) is 6.06. The molecule has 0 bridgehead atoms. The number of carbonyl (C=O) groups excluding carboxylic acids is 3. The number of likely N-dealkylation sites (tertiary alicyclic amines) is 1. The number of rotatable bonds is 2. The number of hydrogen-bond acceptors (Lipinski definition) is 5. The number of aryl methyl sites for hydroxylation is 1. The van der Waals surface area contributed by atoms with Crippen LogP contribution in [0.1, 0.15) is 67.8 Å². The molecule has 3 aliphatic heterocycles. The lowest BCUT2D eigenvalue weighted by Gasteiger charge is -2.44. The van der Waals surface area contributed by atoms with E-state index < -0.39 is 5.41 Å². The molecule has 3 amide bonds. The molecule has 196 valence electrons. The first kappa shape index (κ1) is 25.2. The van der Waals surface area contributed by atoms with Crippen molar-refractivity contribution in [3.05, 3.63) is 53.7 Å². The second-order valence-corrected chi connectivity index (χ2v) is 10.6. The number of anilines is 1. The highest BCUT2D eigenvalue weighted by Gasteiger charge is 2.46. The van der Waals surface area contributed by atoms with Crippen LogP contribution in [0.4, 0.5) is 5.82 Å². The van der Waals surface area contributed by atoms with Gasteiger partial charge in [0.25, 0.3) is 5.91 Å². The van der Waals surface area contributed by atoms with Gasteiger partial charge in [0.1, 0.15) is 18.2 Å². The molecular formula is C29H36N4O4. The molecular weight excluding hydrogens is 468 g/mol. The number of ether oxygens (including phenoxy) is 1. The third-order valence-corrected chi connectivity index (χ3v) is 8.17. The Bertz CT molecular complexity index is 1140. The van der Waals surface area contributed by atoms with Gasteiger partial charge in [0.2, 0.25) is 11.8 Å². The molecule has 1 atom stereocenters. The van der Waals surface area contributed by atoms with E-state index in [9.17, 15) is 14.4 Å². The summed E-state index contributed by atoms with van der Waals surface area (Å²) in [7, 11) is 0. The number of pyridine rings is 1. The molecule has 0 unspecified atom stereocenters. The van der Waals surface area contributed by atoms with Crippen molar-refractivity contribution in [1.29, 1.82) is 0 Å². The van der Waals surface area contributed by atoms with Crippen molar-refractivity contribution < 1.29 is 19.1 Å². The highest BCUT2D eigenvalue weighted by Crippen LogP contribution is 2.41. The van der Waals surface area contributed by atoms with E-state index in [4.69, 9.17) is 4.74 Å². The molecule has 1 aromatic carbocycles. The van der Waals surface area contributed by atoms with Crippen LogP contribution < -0.4 is 10.1 Å². The maximum absolute atomic E-state index is 14.1. The van der Waals surface area contributed by atoms with E-state index in [-0.39, 0.29) is 23.8 Å². The van der Waals surface area contributed by atoms with E-state index in [0.717, 1.165) is 50.8 Å². The monoisotopic (exact) mass is 504 g/mol. The number of hydrogen-bond donors (Lipinski definition) is 1. The molecule has 0 radical (unpaired) electrons. The normalized spacial score (nSPS) is 21.8. The summed E-state index contributed by atoms with van der Waals surface area (Å²) in [5, 5.41) is 2.62. The van der Waals surface area contributed by atoms with Crippen LogP contribution in [-0.2, 0) is 16.0 Å². The van der Waals surface area contributed by atoms with Gasteiger partial charge in [-0.3, -0.25) is 14.4 Å². The highest BCUT2D eigenvalue weighted by molar-refractivity contribution is 5.95. The number of para-hydroxylation sites is 1. The Balaban J connectivity index is 1.29. The molecule has 0 saturated carbocycles. The summed E-state index contributed by atoms with van der Waals surface area (Å²) < 4.78 is 6.25. The Morgan fingerprint density at radius 3 is 2.59 bits per heavy atom. The van der Waals surface area contributed by atoms with Crippen LogP contribution in [0.15, 0.2) is 42.6 Å². The molecule has 2 fully saturated rings. The van der Waals surface area contributed by atoms with E-state index in [1.807, 2.05) is 17.0 Å². The number of piperidine rings is 1. The summed E-state index contributed by atoms with van der Waals surface area (Å²) in [6.07, 6.45) is 8.61. The van der Waals surface area contributed by atoms with Crippen LogP contribution >= 0.6 is 0 Å². The van der Waals surface area contributed by atoms with Gasteiger partial charge in [-0.2, -0.15) is 0 Å².